The highest BCUT2D eigenvalue weighted by Crippen LogP contribution is 2.16. The van der Waals surface area contributed by atoms with Gasteiger partial charge >= 0.3 is 0 Å². The Labute approximate surface area is 122 Å². The lowest BCUT2D eigenvalue weighted by molar-refractivity contribution is -0.123. The summed E-state index contributed by atoms with van der Waals surface area (Å²) in [7, 11) is 0. The summed E-state index contributed by atoms with van der Waals surface area (Å²) in [4.78, 5) is 16.4. The van der Waals surface area contributed by atoms with Gasteiger partial charge in [-0.25, -0.2) is 4.98 Å². The lowest BCUT2D eigenvalue weighted by Gasteiger charge is -2.25. The van der Waals surface area contributed by atoms with E-state index in [9.17, 15) is 4.79 Å². The Balaban J connectivity index is 1.51. The number of amides is 1. The average Bonchev–Trinajstić information content (AvgIpc) is 3.00. The molecule has 0 spiro atoms. The van der Waals surface area contributed by atoms with Gasteiger partial charge in [-0.15, -0.1) is 11.3 Å². The smallest absolute Gasteiger partial charge is 0.237 e. The summed E-state index contributed by atoms with van der Waals surface area (Å²) in [6, 6.07) is 8.15. The van der Waals surface area contributed by atoms with Gasteiger partial charge in [0.15, 0.2) is 0 Å². The third-order valence-corrected chi connectivity index (χ3v) is 4.20. The highest BCUT2D eigenvalue weighted by Gasteiger charge is 2.23. The number of nitrogens with one attached hydrogen (secondary N) is 2. The molecule has 1 aromatic carbocycles. The molecule has 1 aliphatic rings. The number of rotatable bonds is 4. The van der Waals surface area contributed by atoms with Gasteiger partial charge in [-0.2, -0.15) is 0 Å². The summed E-state index contributed by atoms with van der Waals surface area (Å²) in [5, 5.41) is 8.29. The van der Waals surface area contributed by atoms with Gasteiger partial charge in [0, 0.05) is 24.9 Å². The molecule has 1 aromatic heterocycles. The topological polar surface area (TPSA) is 54.0 Å². The number of hydrogen-bond acceptors (Lipinski definition) is 4. The first-order chi connectivity index (χ1) is 9.83. The molecular formula is C15H17N3OS. The number of aromatic nitrogens is 1. The van der Waals surface area contributed by atoms with Crippen LogP contribution in [0, 0.1) is 0 Å². The second-order valence-corrected chi connectivity index (χ2v) is 5.65. The van der Waals surface area contributed by atoms with E-state index >= 15 is 0 Å². The molecule has 0 saturated carbocycles. The van der Waals surface area contributed by atoms with Crippen molar-refractivity contribution in [2.24, 2.45) is 0 Å². The van der Waals surface area contributed by atoms with Crippen LogP contribution in [-0.2, 0) is 24.2 Å². The maximum Gasteiger partial charge on any atom is 0.237 e. The van der Waals surface area contributed by atoms with E-state index in [4.69, 9.17) is 0 Å². The molecule has 0 radical (unpaired) electrons. The molecule has 1 aliphatic heterocycles. The maximum atomic E-state index is 12.1. The van der Waals surface area contributed by atoms with Crippen LogP contribution in [0.4, 0.5) is 0 Å². The molecule has 0 bridgehead atoms. The van der Waals surface area contributed by atoms with Gasteiger partial charge in [0.2, 0.25) is 5.91 Å². The number of hydrogen-bond donors (Lipinski definition) is 2. The summed E-state index contributed by atoms with van der Waals surface area (Å²) >= 11 is 1.58. The van der Waals surface area contributed by atoms with Crippen LogP contribution in [0.2, 0.25) is 0 Å². The van der Waals surface area contributed by atoms with Crippen molar-refractivity contribution < 1.29 is 4.79 Å². The Morgan fingerprint density at radius 1 is 1.40 bits per heavy atom. The van der Waals surface area contributed by atoms with Crippen LogP contribution >= 0.6 is 11.3 Å². The minimum atomic E-state index is -0.125. The van der Waals surface area contributed by atoms with Crippen LogP contribution in [0.25, 0.3) is 0 Å². The number of carbonyl (C=O) groups is 1. The van der Waals surface area contributed by atoms with Crippen molar-refractivity contribution in [3.8, 4) is 0 Å². The van der Waals surface area contributed by atoms with E-state index < -0.39 is 0 Å². The first kappa shape index (κ1) is 13.3. The molecule has 0 unspecified atom stereocenters. The number of benzene rings is 1. The van der Waals surface area contributed by atoms with Crippen LogP contribution in [0.15, 0.2) is 35.2 Å². The molecule has 4 nitrogen and oxygen atoms in total. The quantitative estimate of drug-likeness (QED) is 0.896. The molecule has 2 aromatic rings. The van der Waals surface area contributed by atoms with Crippen LogP contribution in [0.1, 0.15) is 16.8 Å². The highest BCUT2D eigenvalue weighted by molar-refractivity contribution is 7.07. The van der Waals surface area contributed by atoms with Crippen molar-refractivity contribution in [3.05, 3.63) is 52.0 Å². The highest BCUT2D eigenvalue weighted by atomic mass is 32.1. The molecule has 0 aliphatic carbocycles. The van der Waals surface area contributed by atoms with E-state index in [1.807, 2.05) is 23.0 Å². The Morgan fingerprint density at radius 3 is 3.05 bits per heavy atom. The maximum absolute atomic E-state index is 12.1. The largest absolute Gasteiger partial charge is 0.354 e. The summed E-state index contributed by atoms with van der Waals surface area (Å²) in [5.41, 5.74) is 5.42. The Kier molecular flexibility index (Phi) is 4.08. The molecule has 1 atom stereocenters. The van der Waals surface area contributed by atoms with Gasteiger partial charge in [0.25, 0.3) is 0 Å². The van der Waals surface area contributed by atoms with Gasteiger partial charge in [-0.1, -0.05) is 24.3 Å². The number of fused-ring (bicyclic) bond motifs is 1. The van der Waals surface area contributed by atoms with E-state index in [0.717, 1.165) is 25.1 Å². The van der Waals surface area contributed by atoms with Crippen molar-refractivity contribution in [1.82, 2.24) is 15.6 Å². The minimum absolute atomic E-state index is 0.0785. The lowest BCUT2D eigenvalue weighted by atomic mass is 9.95. The third-order valence-electron chi connectivity index (χ3n) is 3.56. The van der Waals surface area contributed by atoms with Gasteiger partial charge in [0.05, 0.1) is 17.2 Å². The summed E-state index contributed by atoms with van der Waals surface area (Å²) in [6.45, 7) is 1.41. The third kappa shape index (κ3) is 3.05. The molecule has 1 amide bonds. The first-order valence-corrected chi connectivity index (χ1v) is 7.72. The van der Waals surface area contributed by atoms with Crippen molar-refractivity contribution in [1.29, 1.82) is 0 Å². The van der Waals surface area contributed by atoms with Crippen LogP contribution in [0.5, 0.6) is 0 Å². The fourth-order valence-corrected chi connectivity index (χ4v) is 3.03. The second kappa shape index (κ2) is 6.15. The van der Waals surface area contributed by atoms with Crippen molar-refractivity contribution in [2.75, 3.05) is 6.54 Å². The van der Waals surface area contributed by atoms with E-state index in [-0.39, 0.29) is 11.9 Å². The van der Waals surface area contributed by atoms with Crippen molar-refractivity contribution in [2.45, 2.75) is 25.4 Å². The predicted molar refractivity (Wildman–Crippen MR) is 79.6 cm³/mol. The first-order valence-electron chi connectivity index (χ1n) is 6.78. The predicted octanol–water partition coefficient (Wildman–Crippen LogP) is 1.52. The van der Waals surface area contributed by atoms with E-state index in [1.165, 1.54) is 11.1 Å². The van der Waals surface area contributed by atoms with E-state index in [0.29, 0.717) is 6.54 Å². The van der Waals surface area contributed by atoms with Crippen molar-refractivity contribution >= 4 is 17.2 Å². The van der Waals surface area contributed by atoms with Gasteiger partial charge in [-0.05, 0) is 17.5 Å². The monoisotopic (exact) mass is 287 g/mol. The standard InChI is InChI=1S/C15H17N3OS/c19-15(16-6-5-13-9-20-10-18-13)14-7-11-3-1-2-4-12(11)8-17-14/h1-4,9-10,14,17H,5-8H2,(H,16,19)/t14-/m1/s1. The van der Waals surface area contributed by atoms with Gasteiger partial charge < -0.3 is 10.6 Å². The fourth-order valence-electron chi connectivity index (χ4n) is 2.44. The summed E-state index contributed by atoms with van der Waals surface area (Å²) in [6.07, 6.45) is 1.55. The molecule has 104 valence electrons. The molecule has 0 saturated heterocycles. The number of carbonyl (C=O) groups excluding carboxylic acids is 1. The lowest BCUT2D eigenvalue weighted by Crippen LogP contribution is -2.48. The molecule has 2 N–H and O–H groups in total. The van der Waals surface area contributed by atoms with E-state index in [2.05, 4.69) is 27.8 Å². The van der Waals surface area contributed by atoms with Crippen molar-refractivity contribution in [3.63, 3.8) is 0 Å². The SMILES string of the molecule is O=C(NCCc1cscn1)[C@H]1Cc2ccccc2CN1. The zero-order valence-electron chi connectivity index (χ0n) is 11.1. The van der Waals surface area contributed by atoms with Gasteiger partial charge in [0.1, 0.15) is 0 Å². The van der Waals surface area contributed by atoms with Gasteiger partial charge in [-0.3, -0.25) is 4.79 Å². The summed E-state index contributed by atoms with van der Waals surface area (Å²) in [5.74, 6) is 0.0785. The number of thiazole rings is 1. The molecule has 2 heterocycles. The van der Waals surface area contributed by atoms with Crippen LogP contribution in [0.3, 0.4) is 0 Å². The Morgan fingerprint density at radius 2 is 2.25 bits per heavy atom. The molecule has 20 heavy (non-hydrogen) atoms. The Hall–Kier alpha value is -1.72. The van der Waals surface area contributed by atoms with E-state index in [1.54, 1.807) is 11.3 Å². The minimum Gasteiger partial charge on any atom is -0.354 e. The molecule has 3 rings (SSSR count). The Bertz CT molecular complexity index is 583. The zero-order chi connectivity index (χ0) is 13.8. The second-order valence-electron chi connectivity index (χ2n) is 4.93. The average molecular weight is 287 g/mol. The van der Waals surface area contributed by atoms with Crippen LogP contribution in [-0.4, -0.2) is 23.5 Å². The molecule has 0 fully saturated rings. The zero-order valence-corrected chi connectivity index (χ0v) is 12.0. The summed E-state index contributed by atoms with van der Waals surface area (Å²) < 4.78 is 0. The molecular weight excluding hydrogens is 270 g/mol. The normalized spacial score (nSPS) is 17.5. The fraction of sp³-hybridized carbons (Fsp3) is 0.333. The molecule has 5 heteroatoms. The van der Waals surface area contributed by atoms with Crippen LogP contribution < -0.4 is 10.6 Å². The number of nitrogens with zero attached hydrogens (tertiary/aromatic N) is 1.